The molecule has 3 aromatic rings. The van der Waals surface area contributed by atoms with Crippen molar-refractivity contribution in [1.82, 2.24) is 14.9 Å². The third kappa shape index (κ3) is 3.14. The number of amides is 2. The quantitative estimate of drug-likeness (QED) is 0.360. The van der Waals surface area contributed by atoms with Crippen LogP contribution in [0.3, 0.4) is 0 Å². The van der Waals surface area contributed by atoms with E-state index in [1.165, 1.54) is 0 Å². The van der Waals surface area contributed by atoms with Gasteiger partial charge >= 0.3 is 0 Å². The number of fused-ring (bicyclic) bond motifs is 4. The minimum Gasteiger partial charge on any atom is -0.506 e. The van der Waals surface area contributed by atoms with E-state index in [0.717, 1.165) is 64.7 Å². The molecule has 2 aromatic heterocycles. The average Bonchev–Trinajstić information content (AvgIpc) is 3.30. The van der Waals surface area contributed by atoms with Crippen LogP contribution in [-0.4, -0.2) is 56.5 Å². The maximum absolute atomic E-state index is 14.3. The van der Waals surface area contributed by atoms with Crippen molar-refractivity contribution in [3.05, 3.63) is 58.2 Å². The number of piperidine rings is 1. The van der Waals surface area contributed by atoms with E-state index in [1.54, 1.807) is 12.1 Å². The number of ketones is 1. The molecule has 41 heavy (non-hydrogen) atoms. The van der Waals surface area contributed by atoms with Crippen LogP contribution in [0, 0.1) is 25.2 Å². The van der Waals surface area contributed by atoms with Crippen molar-refractivity contribution in [1.29, 1.82) is 0 Å². The minimum absolute atomic E-state index is 0.00547. The van der Waals surface area contributed by atoms with Crippen molar-refractivity contribution < 1.29 is 19.5 Å². The summed E-state index contributed by atoms with van der Waals surface area (Å²) in [4.78, 5) is 50.8. The van der Waals surface area contributed by atoms with Crippen LogP contribution in [0.5, 0.6) is 5.75 Å². The van der Waals surface area contributed by atoms with Gasteiger partial charge in [0.1, 0.15) is 5.75 Å². The number of aromatic amines is 2. The SMILES string of the molecule is Cc1c[nH]c2c1C13CC1CN(C(=O)CCC1(C(=O)N4CC(CCl)c5c4cc(O)c4[nH]cc(C)c54)CCC1)C3=CC2=O. The fraction of sp³-hybridized carbons (Fsp3) is 0.469. The molecule has 3 atom stereocenters. The summed E-state index contributed by atoms with van der Waals surface area (Å²) in [7, 11) is 0. The van der Waals surface area contributed by atoms with Gasteiger partial charge in [-0.1, -0.05) is 6.42 Å². The van der Waals surface area contributed by atoms with E-state index in [0.29, 0.717) is 42.5 Å². The Bertz CT molecular complexity index is 1730. The first-order valence-corrected chi connectivity index (χ1v) is 15.2. The maximum atomic E-state index is 14.3. The standard InChI is InChI=1S/C32H33ClN4O4/c1-16-12-34-28-21(38)8-20-26(25(16)28)18(11-33)14-36(20)30(41)31(5-3-6-31)7-4-24(40)37-15-19-10-32(19)23(37)9-22(39)29-27(32)17(2)13-35-29/h8-9,12-13,18-19,34-35,38H,3-7,10-11,14-15H2,1-2H3. The lowest BCUT2D eigenvalue weighted by Crippen LogP contribution is -2.48. The van der Waals surface area contributed by atoms with E-state index in [1.807, 2.05) is 36.0 Å². The minimum atomic E-state index is -0.604. The van der Waals surface area contributed by atoms with E-state index in [2.05, 4.69) is 9.97 Å². The van der Waals surface area contributed by atoms with Gasteiger partial charge in [-0.25, -0.2) is 0 Å². The molecule has 2 amide bonds. The number of hydrogen-bond donors (Lipinski definition) is 3. The number of phenols is 1. The Hall–Kier alpha value is -3.52. The summed E-state index contributed by atoms with van der Waals surface area (Å²) in [6.07, 6.45) is 9.58. The van der Waals surface area contributed by atoms with E-state index in [4.69, 9.17) is 11.6 Å². The highest BCUT2D eigenvalue weighted by atomic mass is 35.5. The first-order valence-electron chi connectivity index (χ1n) is 14.7. The lowest BCUT2D eigenvalue weighted by atomic mass is 9.65. The highest BCUT2D eigenvalue weighted by molar-refractivity contribution is 6.19. The molecular formula is C32H33ClN4O4. The van der Waals surface area contributed by atoms with E-state index in [-0.39, 0.29) is 41.1 Å². The molecule has 0 bridgehead atoms. The highest BCUT2D eigenvalue weighted by Crippen LogP contribution is 2.67. The van der Waals surface area contributed by atoms with Crippen molar-refractivity contribution >= 4 is 45.8 Å². The molecule has 5 aliphatic rings. The molecule has 1 saturated heterocycles. The summed E-state index contributed by atoms with van der Waals surface area (Å²) in [5.74, 6) is 0.759. The number of anilines is 1. The number of hydrogen-bond acceptors (Lipinski definition) is 4. The number of carbonyl (C=O) groups is 3. The largest absolute Gasteiger partial charge is 0.506 e. The van der Waals surface area contributed by atoms with E-state index in [9.17, 15) is 19.5 Å². The zero-order chi connectivity index (χ0) is 28.4. The first kappa shape index (κ1) is 25.2. The van der Waals surface area contributed by atoms with Crippen LogP contribution in [0.15, 0.2) is 30.2 Å². The van der Waals surface area contributed by atoms with Crippen molar-refractivity contribution in [2.24, 2.45) is 11.3 Å². The molecule has 8 rings (SSSR count). The number of halogens is 1. The van der Waals surface area contributed by atoms with Crippen LogP contribution < -0.4 is 4.90 Å². The molecule has 9 heteroatoms. The molecule has 2 aliphatic heterocycles. The molecule has 3 unspecified atom stereocenters. The zero-order valence-corrected chi connectivity index (χ0v) is 24.0. The highest BCUT2D eigenvalue weighted by Gasteiger charge is 2.68. The van der Waals surface area contributed by atoms with Gasteiger partial charge in [-0.15, -0.1) is 11.6 Å². The Morgan fingerprint density at radius 3 is 2.63 bits per heavy atom. The van der Waals surface area contributed by atoms with Gasteiger partial charge in [0.2, 0.25) is 17.6 Å². The number of allylic oxidation sites excluding steroid dienone is 2. The van der Waals surface area contributed by atoms with Crippen LogP contribution in [0.2, 0.25) is 0 Å². The summed E-state index contributed by atoms with van der Waals surface area (Å²) in [6.45, 7) is 5.12. The Morgan fingerprint density at radius 2 is 1.90 bits per heavy atom. The van der Waals surface area contributed by atoms with Crippen molar-refractivity contribution in [2.75, 3.05) is 23.9 Å². The van der Waals surface area contributed by atoms with Crippen LogP contribution in [0.25, 0.3) is 10.9 Å². The van der Waals surface area contributed by atoms with Crippen molar-refractivity contribution in [2.45, 2.75) is 63.7 Å². The number of carbonyl (C=O) groups excluding carboxylic acids is 3. The summed E-state index contributed by atoms with van der Waals surface area (Å²) in [6, 6.07) is 1.69. The molecule has 1 aromatic carbocycles. The fourth-order valence-electron chi connectivity index (χ4n) is 8.57. The van der Waals surface area contributed by atoms with Crippen LogP contribution >= 0.6 is 11.6 Å². The summed E-state index contributed by atoms with van der Waals surface area (Å²) < 4.78 is 0. The third-order valence-corrected chi connectivity index (χ3v) is 11.2. The monoisotopic (exact) mass is 572 g/mol. The molecule has 8 nitrogen and oxygen atoms in total. The summed E-state index contributed by atoms with van der Waals surface area (Å²) in [5.41, 5.74) is 6.28. The predicted molar refractivity (Wildman–Crippen MR) is 155 cm³/mol. The Morgan fingerprint density at radius 1 is 1.12 bits per heavy atom. The normalized spacial score (nSPS) is 26.8. The van der Waals surface area contributed by atoms with Gasteiger partial charge in [-0.2, -0.15) is 0 Å². The molecule has 3 aliphatic carbocycles. The molecule has 1 spiro atoms. The third-order valence-electron chi connectivity index (χ3n) is 10.9. The fourth-order valence-corrected chi connectivity index (χ4v) is 8.83. The first-order chi connectivity index (χ1) is 19.7. The molecule has 3 fully saturated rings. The topological polar surface area (TPSA) is 110 Å². The summed E-state index contributed by atoms with van der Waals surface area (Å²) in [5, 5.41) is 11.7. The Kier molecular flexibility index (Phi) is 5.09. The number of H-pyrrole nitrogens is 2. The van der Waals surface area contributed by atoms with Gasteiger partial charge in [-0.05, 0) is 67.7 Å². The van der Waals surface area contributed by atoms with Gasteiger partial charge in [0.25, 0.3) is 0 Å². The van der Waals surface area contributed by atoms with Crippen molar-refractivity contribution in [3.63, 3.8) is 0 Å². The van der Waals surface area contributed by atoms with E-state index >= 15 is 0 Å². The molecular weight excluding hydrogens is 540 g/mol. The average molecular weight is 573 g/mol. The number of likely N-dealkylation sites (tertiary alicyclic amines) is 1. The molecule has 4 heterocycles. The number of phenolic OH excluding ortho intramolecular Hbond substituents is 1. The van der Waals surface area contributed by atoms with Crippen LogP contribution in [-0.2, 0) is 15.0 Å². The second-order valence-corrected chi connectivity index (χ2v) is 13.3. The number of aromatic hydroxyl groups is 1. The number of rotatable bonds is 5. The van der Waals surface area contributed by atoms with E-state index < -0.39 is 5.41 Å². The number of nitrogens with one attached hydrogen (secondary N) is 2. The van der Waals surface area contributed by atoms with Gasteiger partial charge in [0.15, 0.2) is 0 Å². The van der Waals surface area contributed by atoms with Crippen molar-refractivity contribution in [3.8, 4) is 5.75 Å². The number of benzene rings is 1. The number of aromatic nitrogens is 2. The van der Waals surface area contributed by atoms with Gasteiger partial charge in [0, 0.05) is 72.3 Å². The summed E-state index contributed by atoms with van der Waals surface area (Å²) >= 11 is 6.43. The lowest BCUT2D eigenvalue weighted by molar-refractivity contribution is -0.136. The number of alkyl halides is 1. The second-order valence-electron chi connectivity index (χ2n) is 12.9. The lowest BCUT2D eigenvalue weighted by Gasteiger charge is -2.43. The number of aryl methyl sites for hydroxylation is 2. The zero-order valence-electron chi connectivity index (χ0n) is 23.3. The molecule has 2 saturated carbocycles. The Labute approximate surface area is 242 Å². The Balaban J connectivity index is 1.05. The van der Waals surface area contributed by atoms with Crippen LogP contribution in [0.1, 0.15) is 77.2 Å². The predicted octanol–water partition coefficient (Wildman–Crippen LogP) is 5.32. The van der Waals surface area contributed by atoms with Crippen LogP contribution in [0.4, 0.5) is 5.69 Å². The van der Waals surface area contributed by atoms with Gasteiger partial charge < -0.3 is 24.9 Å². The maximum Gasteiger partial charge on any atom is 0.233 e. The molecule has 3 N–H and O–H groups in total. The second kappa shape index (κ2) is 8.28. The number of nitrogens with zero attached hydrogens (tertiary/aromatic N) is 2. The van der Waals surface area contributed by atoms with Gasteiger partial charge in [-0.3, -0.25) is 14.4 Å². The molecule has 212 valence electrons. The smallest absolute Gasteiger partial charge is 0.233 e. The van der Waals surface area contributed by atoms with Gasteiger partial charge in [0.05, 0.1) is 22.3 Å². The molecule has 0 radical (unpaired) electrons.